The highest BCUT2D eigenvalue weighted by Crippen LogP contribution is 2.60. The van der Waals surface area contributed by atoms with Crippen molar-refractivity contribution in [3.05, 3.63) is 23.3 Å². The van der Waals surface area contributed by atoms with Gasteiger partial charge in [0.15, 0.2) is 0 Å². The molecule has 0 amide bonds. The summed E-state index contributed by atoms with van der Waals surface area (Å²) in [5.41, 5.74) is 1.03. The van der Waals surface area contributed by atoms with Crippen molar-refractivity contribution in [2.45, 2.75) is 59.0 Å². The van der Waals surface area contributed by atoms with Crippen LogP contribution in [-0.2, 0) is 23.9 Å². The van der Waals surface area contributed by atoms with Crippen LogP contribution < -0.4 is 0 Å². The number of aldehydes is 1. The number of methoxy groups -OCH3 is 1. The molecule has 2 rings (SSSR count). The number of carbonyl (C=O) groups is 3. The number of esters is 1. The fraction of sp³-hybridized carbons (Fsp3) is 0.682. The molecule has 0 saturated heterocycles. The zero-order valence-electron chi connectivity index (χ0n) is 17.3. The summed E-state index contributed by atoms with van der Waals surface area (Å²) in [6.07, 6.45) is 7.43. The highest BCUT2D eigenvalue weighted by atomic mass is 16.5. The lowest BCUT2D eigenvalue weighted by molar-refractivity contribution is -0.135. The molecular formula is C22H32O6. The highest BCUT2D eigenvalue weighted by molar-refractivity contribution is 5.82. The van der Waals surface area contributed by atoms with Crippen molar-refractivity contribution in [3.63, 3.8) is 0 Å². The highest BCUT2D eigenvalue weighted by Gasteiger charge is 2.55. The van der Waals surface area contributed by atoms with Crippen LogP contribution in [0.1, 0.15) is 52.9 Å². The summed E-state index contributed by atoms with van der Waals surface area (Å²) in [4.78, 5) is 34.0. The molecule has 4 atom stereocenters. The van der Waals surface area contributed by atoms with E-state index in [4.69, 9.17) is 4.74 Å². The van der Waals surface area contributed by atoms with Crippen LogP contribution >= 0.6 is 0 Å². The first-order valence-corrected chi connectivity index (χ1v) is 9.87. The van der Waals surface area contributed by atoms with Gasteiger partial charge in [-0.2, -0.15) is 0 Å². The van der Waals surface area contributed by atoms with E-state index in [1.807, 2.05) is 0 Å². The second-order valence-corrected chi connectivity index (χ2v) is 8.92. The summed E-state index contributed by atoms with van der Waals surface area (Å²) in [5, 5.41) is 10.8. The van der Waals surface area contributed by atoms with Crippen LogP contribution in [0.4, 0.5) is 0 Å². The summed E-state index contributed by atoms with van der Waals surface area (Å²) >= 11 is 0. The van der Waals surface area contributed by atoms with E-state index in [1.54, 1.807) is 6.08 Å². The molecule has 6 nitrogen and oxygen atoms in total. The van der Waals surface area contributed by atoms with Crippen molar-refractivity contribution < 1.29 is 29.0 Å². The van der Waals surface area contributed by atoms with Crippen LogP contribution in [-0.4, -0.2) is 43.7 Å². The molecule has 0 radical (unpaired) electrons. The topological polar surface area (TPSA) is 89.9 Å². The predicted octanol–water partition coefficient (Wildman–Crippen LogP) is 2.99. The second-order valence-electron chi connectivity index (χ2n) is 8.92. The normalized spacial score (nSPS) is 32.0. The van der Waals surface area contributed by atoms with Crippen molar-refractivity contribution in [1.29, 1.82) is 0 Å². The van der Waals surface area contributed by atoms with Gasteiger partial charge in [-0.25, -0.2) is 4.79 Å². The smallest absolute Gasteiger partial charge is 0.330 e. The van der Waals surface area contributed by atoms with Crippen molar-refractivity contribution in [2.24, 2.45) is 22.7 Å². The third kappa shape index (κ3) is 4.54. The quantitative estimate of drug-likeness (QED) is 0.388. The van der Waals surface area contributed by atoms with Crippen LogP contribution in [0.25, 0.3) is 0 Å². The van der Waals surface area contributed by atoms with Crippen molar-refractivity contribution in [3.8, 4) is 0 Å². The molecule has 2 aliphatic rings. The van der Waals surface area contributed by atoms with Crippen LogP contribution in [0.5, 0.6) is 0 Å². The number of aliphatic hydroxyl groups is 1. The van der Waals surface area contributed by atoms with Gasteiger partial charge < -0.3 is 14.6 Å². The lowest BCUT2D eigenvalue weighted by atomic mass is 9.47. The van der Waals surface area contributed by atoms with Gasteiger partial charge in [0.1, 0.15) is 12.9 Å². The zero-order chi connectivity index (χ0) is 20.9. The minimum Gasteiger partial charge on any atom is -0.466 e. The minimum atomic E-state index is -0.639. The van der Waals surface area contributed by atoms with E-state index >= 15 is 0 Å². The van der Waals surface area contributed by atoms with Crippen molar-refractivity contribution in [2.75, 3.05) is 13.7 Å². The molecule has 0 aromatic heterocycles. The third-order valence-corrected chi connectivity index (χ3v) is 6.74. The van der Waals surface area contributed by atoms with Gasteiger partial charge in [0.2, 0.25) is 0 Å². The van der Waals surface area contributed by atoms with E-state index in [2.05, 4.69) is 25.5 Å². The third-order valence-electron chi connectivity index (χ3n) is 6.74. The number of rotatable bonds is 8. The molecule has 0 aromatic carbocycles. The maximum absolute atomic E-state index is 11.8. The van der Waals surface area contributed by atoms with Gasteiger partial charge in [0, 0.05) is 6.08 Å². The van der Waals surface area contributed by atoms with E-state index in [0.717, 1.165) is 25.5 Å². The lowest BCUT2D eigenvalue weighted by Gasteiger charge is -2.58. The fourth-order valence-corrected chi connectivity index (χ4v) is 5.66. The van der Waals surface area contributed by atoms with Gasteiger partial charge in [-0.1, -0.05) is 27.2 Å². The summed E-state index contributed by atoms with van der Waals surface area (Å²) in [6, 6.07) is 0. The number of allylic oxidation sites excluding steroid dienone is 1. The molecule has 0 bridgehead atoms. The van der Waals surface area contributed by atoms with Gasteiger partial charge in [-0.3, -0.25) is 9.59 Å². The molecule has 2 aliphatic carbocycles. The average Bonchev–Trinajstić information content (AvgIpc) is 2.63. The largest absolute Gasteiger partial charge is 0.466 e. The number of fused-ring (bicyclic) bond motifs is 1. The van der Waals surface area contributed by atoms with E-state index in [1.165, 1.54) is 13.2 Å². The standard InChI is InChI=1S/C22H32O6/c1-21(2)8-5-9-22(3)17(16(12-23)11-18(25)20(21)22)7-6-15(13-28-14-24)10-19(26)27-4/h10-12,14,17-18,20,25H,5-9,13H2,1-4H3. The predicted molar refractivity (Wildman–Crippen MR) is 104 cm³/mol. The summed E-state index contributed by atoms with van der Waals surface area (Å²) in [7, 11) is 1.29. The Balaban J connectivity index is 2.31. The Labute approximate surface area is 167 Å². The Morgan fingerprint density at radius 3 is 2.61 bits per heavy atom. The summed E-state index contributed by atoms with van der Waals surface area (Å²) in [6.45, 7) is 6.92. The molecule has 0 aromatic rings. The first-order chi connectivity index (χ1) is 13.2. The first-order valence-electron chi connectivity index (χ1n) is 9.87. The van der Waals surface area contributed by atoms with E-state index in [9.17, 15) is 19.5 Å². The molecule has 156 valence electrons. The monoisotopic (exact) mass is 392 g/mol. The Bertz CT molecular complexity index is 662. The van der Waals surface area contributed by atoms with E-state index in [-0.39, 0.29) is 29.3 Å². The number of carbonyl (C=O) groups excluding carboxylic acids is 3. The molecule has 1 fully saturated rings. The molecule has 6 heteroatoms. The second kappa shape index (κ2) is 9.03. The minimum absolute atomic E-state index is 0.0136. The number of ether oxygens (including phenoxy) is 2. The fourth-order valence-electron chi connectivity index (χ4n) is 5.66. The molecule has 1 N–H and O–H groups in total. The molecular weight excluding hydrogens is 360 g/mol. The van der Waals surface area contributed by atoms with Gasteiger partial charge in [-0.05, 0) is 65.6 Å². The van der Waals surface area contributed by atoms with Gasteiger partial charge in [0.25, 0.3) is 6.47 Å². The Morgan fingerprint density at radius 2 is 2.00 bits per heavy atom. The Morgan fingerprint density at radius 1 is 1.29 bits per heavy atom. The molecule has 1 saturated carbocycles. The molecule has 0 spiro atoms. The summed E-state index contributed by atoms with van der Waals surface area (Å²) < 4.78 is 9.52. The molecule has 0 heterocycles. The number of hydrogen-bond donors (Lipinski definition) is 1. The van der Waals surface area contributed by atoms with Crippen molar-refractivity contribution >= 4 is 18.7 Å². The maximum Gasteiger partial charge on any atom is 0.330 e. The van der Waals surface area contributed by atoms with Gasteiger partial charge >= 0.3 is 5.97 Å². The van der Waals surface area contributed by atoms with E-state index in [0.29, 0.717) is 30.5 Å². The first kappa shape index (κ1) is 22.3. The number of aliphatic hydroxyl groups excluding tert-OH is 1. The zero-order valence-corrected chi connectivity index (χ0v) is 17.3. The SMILES string of the molecule is COC(=O)C=C(CCC1C(C=O)=CC(O)C2C(C)(C)CCCC12C)COC=O. The van der Waals surface area contributed by atoms with Gasteiger partial charge in [0.05, 0.1) is 13.2 Å². The van der Waals surface area contributed by atoms with Crippen LogP contribution in [0, 0.1) is 22.7 Å². The van der Waals surface area contributed by atoms with Gasteiger partial charge in [-0.15, -0.1) is 0 Å². The number of hydrogen-bond acceptors (Lipinski definition) is 6. The maximum atomic E-state index is 11.8. The lowest BCUT2D eigenvalue weighted by Crippen LogP contribution is -2.54. The van der Waals surface area contributed by atoms with Crippen LogP contribution in [0.15, 0.2) is 23.3 Å². The van der Waals surface area contributed by atoms with E-state index < -0.39 is 12.1 Å². The van der Waals surface area contributed by atoms with Crippen molar-refractivity contribution in [1.82, 2.24) is 0 Å². The Hall–Kier alpha value is -1.95. The molecule has 0 aliphatic heterocycles. The van der Waals surface area contributed by atoms with Crippen LogP contribution in [0.3, 0.4) is 0 Å². The Kier molecular flexibility index (Phi) is 7.21. The molecule has 4 unspecified atom stereocenters. The summed E-state index contributed by atoms with van der Waals surface area (Å²) in [5.74, 6) is -0.477. The average molecular weight is 392 g/mol. The molecule has 28 heavy (non-hydrogen) atoms. The van der Waals surface area contributed by atoms with Crippen LogP contribution in [0.2, 0.25) is 0 Å².